The number of anilines is 1. The van der Waals surface area contributed by atoms with Crippen molar-refractivity contribution >= 4 is 11.6 Å². The van der Waals surface area contributed by atoms with Crippen molar-refractivity contribution < 1.29 is 4.79 Å². The van der Waals surface area contributed by atoms with E-state index in [9.17, 15) is 4.79 Å². The quantitative estimate of drug-likeness (QED) is 0.748. The third-order valence-electron chi connectivity index (χ3n) is 5.65. The molecule has 0 heterocycles. The Balaban J connectivity index is 1.54. The molecule has 1 fully saturated rings. The van der Waals surface area contributed by atoms with E-state index in [4.69, 9.17) is 5.26 Å². The number of amides is 1. The van der Waals surface area contributed by atoms with Crippen molar-refractivity contribution in [2.75, 3.05) is 18.0 Å². The number of para-hydroxylation sites is 1. The van der Waals surface area contributed by atoms with Crippen LogP contribution in [0, 0.1) is 11.3 Å². The van der Waals surface area contributed by atoms with Gasteiger partial charge in [-0.1, -0.05) is 42.5 Å². The maximum atomic E-state index is 13.2. The highest BCUT2D eigenvalue weighted by atomic mass is 16.2. The highest BCUT2D eigenvalue weighted by Gasteiger charge is 2.39. The van der Waals surface area contributed by atoms with E-state index in [1.165, 1.54) is 24.0 Å². The fraction of sp³-hybridized carbons (Fsp3) is 0.391. The molecule has 2 aromatic rings. The van der Waals surface area contributed by atoms with Gasteiger partial charge < -0.3 is 4.90 Å². The predicted octanol–water partition coefficient (Wildman–Crippen LogP) is 4.09. The minimum atomic E-state index is 0.0905. The van der Waals surface area contributed by atoms with Crippen molar-refractivity contribution in [3.63, 3.8) is 0 Å². The Bertz CT molecular complexity index is 838. The van der Waals surface area contributed by atoms with Gasteiger partial charge in [-0.15, -0.1) is 0 Å². The van der Waals surface area contributed by atoms with E-state index < -0.39 is 0 Å². The molecule has 0 bridgehead atoms. The first kappa shape index (κ1) is 17.8. The van der Waals surface area contributed by atoms with Gasteiger partial charge in [-0.25, -0.2) is 0 Å². The van der Waals surface area contributed by atoms with Crippen LogP contribution in [0.5, 0.6) is 0 Å². The van der Waals surface area contributed by atoms with E-state index in [0.717, 1.165) is 18.5 Å². The molecule has 138 valence electrons. The van der Waals surface area contributed by atoms with E-state index >= 15 is 0 Å². The van der Waals surface area contributed by atoms with Crippen LogP contribution >= 0.6 is 0 Å². The van der Waals surface area contributed by atoms with Gasteiger partial charge in [0.25, 0.3) is 0 Å². The second-order valence-corrected chi connectivity index (χ2v) is 7.45. The highest BCUT2D eigenvalue weighted by Crippen LogP contribution is 2.41. The Hall–Kier alpha value is -2.64. The molecular weight excluding hydrogens is 334 g/mol. The molecule has 0 aliphatic heterocycles. The number of fused-ring (bicyclic) bond motifs is 1. The lowest BCUT2D eigenvalue weighted by Gasteiger charge is -2.32. The zero-order valence-electron chi connectivity index (χ0n) is 15.6. The summed E-state index contributed by atoms with van der Waals surface area (Å²) in [4.78, 5) is 17.4. The largest absolute Gasteiger partial charge is 0.310 e. The SMILES string of the molecule is N#CCCN(C(=O)CN(C1CC1)C1CCc2ccccc21)c1ccccc1. The number of benzene rings is 2. The molecule has 0 radical (unpaired) electrons. The van der Waals surface area contributed by atoms with Crippen LogP contribution in [-0.2, 0) is 11.2 Å². The van der Waals surface area contributed by atoms with Crippen molar-refractivity contribution in [2.45, 2.75) is 44.2 Å². The first-order chi connectivity index (χ1) is 13.3. The molecule has 1 unspecified atom stereocenters. The average molecular weight is 359 g/mol. The van der Waals surface area contributed by atoms with Gasteiger partial charge in [0.1, 0.15) is 0 Å². The Morgan fingerprint density at radius 1 is 1.04 bits per heavy atom. The summed E-state index contributed by atoms with van der Waals surface area (Å²) in [6.45, 7) is 0.864. The van der Waals surface area contributed by atoms with Crippen molar-refractivity contribution in [1.29, 1.82) is 5.26 Å². The lowest BCUT2D eigenvalue weighted by molar-refractivity contribution is -0.120. The van der Waals surface area contributed by atoms with E-state index in [1.54, 1.807) is 4.90 Å². The molecule has 4 rings (SSSR count). The summed E-state index contributed by atoms with van der Waals surface area (Å²) in [6.07, 6.45) is 4.88. The molecule has 2 aromatic carbocycles. The van der Waals surface area contributed by atoms with Gasteiger partial charge in [0.05, 0.1) is 19.0 Å². The summed E-state index contributed by atoms with van der Waals surface area (Å²) in [6, 6.07) is 21.4. The summed E-state index contributed by atoms with van der Waals surface area (Å²) in [5.74, 6) is 0.0905. The third-order valence-corrected chi connectivity index (χ3v) is 5.65. The number of nitriles is 1. The molecule has 1 amide bonds. The molecule has 2 aliphatic rings. The summed E-state index contributed by atoms with van der Waals surface area (Å²) in [5, 5.41) is 9.01. The monoisotopic (exact) mass is 359 g/mol. The van der Waals surface area contributed by atoms with Gasteiger partial charge in [-0.05, 0) is 48.9 Å². The van der Waals surface area contributed by atoms with Crippen molar-refractivity contribution in [1.82, 2.24) is 4.90 Å². The number of hydrogen-bond donors (Lipinski definition) is 0. The molecule has 0 N–H and O–H groups in total. The zero-order chi connectivity index (χ0) is 18.6. The maximum absolute atomic E-state index is 13.2. The zero-order valence-corrected chi connectivity index (χ0v) is 15.6. The minimum absolute atomic E-state index is 0.0905. The lowest BCUT2D eigenvalue weighted by Crippen LogP contribution is -2.43. The lowest BCUT2D eigenvalue weighted by atomic mass is 10.1. The topological polar surface area (TPSA) is 47.3 Å². The molecule has 0 aromatic heterocycles. The minimum Gasteiger partial charge on any atom is -0.310 e. The van der Waals surface area contributed by atoms with Crippen molar-refractivity contribution in [3.05, 3.63) is 65.7 Å². The molecule has 2 aliphatic carbocycles. The smallest absolute Gasteiger partial charge is 0.241 e. The van der Waals surface area contributed by atoms with Crippen LogP contribution in [0.1, 0.15) is 42.9 Å². The summed E-state index contributed by atoms with van der Waals surface area (Å²) in [5.41, 5.74) is 3.69. The molecular formula is C23H25N3O. The van der Waals surface area contributed by atoms with Crippen molar-refractivity contribution in [3.8, 4) is 6.07 Å². The van der Waals surface area contributed by atoms with E-state index in [1.807, 2.05) is 30.3 Å². The number of hydrogen-bond acceptors (Lipinski definition) is 3. The molecule has 1 atom stereocenters. The number of nitrogens with zero attached hydrogens (tertiary/aromatic N) is 3. The molecule has 1 saturated carbocycles. The number of carbonyl (C=O) groups is 1. The normalized spacial score (nSPS) is 18.1. The Kier molecular flexibility index (Phi) is 5.22. The Morgan fingerprint density at radius 2 is 1.78 bits per heavy atom. The molecule has 4 nitrogen and oxygen atoms in total. The fourth-order valence-electron chi connectivity index (χ4n) is 4.19. The first-order valence-corrected chi connectivity index (χ1v) is 9.84. The Labute approximate surface area is 161 Å². The molecule has 4 heteroatoms. The van der Waals surface area contributed by atoms with E-state index in [2.05, 4.69) is 35.2 Å². The standard InChI is InChI=1S/C23H25N3O/c24-15-6-16-25(19-8-2-1-3-9-19)23(27)17-26(20-12-13-20)22-14-11-18-7-4-5-10-21(18)22/h1-5,7-10,20,22H,6,11-14,16-17H2. The Morgan fingerprint density at radius 3 is 2.52 bits per heavy atom. The van der Waals surface area contributed by atoms with Crippen LogP contribution < -0.4 is 4.90 Å². The second kappa shape index (κ2) is 7.94. The number of carbonyl (C=O) groups excluding carboxylic acids is 1. The van der Waals surface area contributed by atoms with Crippen LogP contribution in [0.25, 0.3) is 0 Å². The average Bonchev–Trinajstić information content (AvgIpc) is 3.46. The van der Waals surface area contributed by atoms with E-state index in [-0.39, 0.29) is 5.91 Å². The summed E-state index contributed by atoms with van der Waals surface area (Å²) in [7, 11) is 0. The van der Waals surface area contributed by atoms with Crippen molar-refractivity contribution in [2.24, 2.45) is 0 Å². The number of aryl methyl sites for hydroxylation is 1. The van der Waals surface area contributed by atoms with Gasteiger partial charge in [-0.3, -0.25) is 9.69 Å². The molecule has 0 spiro atoms. The van der Waals surface area contributed by atoms with Gasteiger partial charge >= 0.3 is 0 Å². The molecule has 27 heavy (non-hydrogen) atoms. The summed E-state index contributed by atoms with van der Waals surface area (Å²) < 4.78 is 0. The van der Waals surface area contributed by atoms with Crippen LogP contribution in [0.15, 0.2) is 54.6 Å². The first-order valence-electron chi connectivity index (χ1n) is 9.84. The second-order valence-electron chi connectivity index (χ2n) is 7.45. The van der Waals surface area contributed by atoms with Gasteiger partial charge in [-0.2, -0.15) is 5.26 Å². The van der Waals surface area contributed by atoms with Crippen LogP contribution in [0.4, 0.5) is 5.69 Å². The highest BCUT2D eigenvalue weighted by molar-refractivity contribution is 5.94. The summed E-state index contributed by atoms with van der Waals surface area (Å²) >= 11 is 0. The van der Waals surface area contributed by atoms with Crippen LogP contribution in [0.2, 0.25) is 0 Å². The third kappa shape index (κ3) is 3.89. The van der Waals surface area contributed by atoms with Crippen LogP contribution in [-0.4, -0.2) is 29.9 Å². The van der Waals surface area contributed by atoms with Gasteiger partial charge in [0.2, 0.25) is 5.91 Å². The fourth-order valence-corrected chi connectivity index (χ4v) is 4.19. The van der Waals surface area contributed by atoms with E-state index in [0.29, 0.717) is 31.6 Å². The number of rotatable bonds is 7. The van der Waals surface area contributed by atoms with Gasteiger partial charge in [0.15, 0.2) is 0 Å². The molecule has 0 saturated heterocycles. The van der Waals surface area contributed by atoms with Crippen LogP contribution in [0.3, 0.4) is 0 Å². The van der Waals surface area contributed by atoms with Gasteiger partial charge in [0, 0.05) is 24.3 Å². The maximum Gasteiger partial charge on any atom is 0.241 e. The predicted molar refractivity (Wildman–Crippen MR) is 106 cm³/mol.